The normalized spacial score (nSPS) is 13.8. The summed E-state index contributed by atoms with van der Waals surface area (Å²) in [5, 5.41) is 4.04. The third-order valence-electron chi connectivity index (χ3n) is 3.24. The molecule has 0 fully saturated rings. The smallest absolute Gasteiger partial charge is 0.0574 e. The molecule has 21 heavy (non-hydrogen) atoms. The van der Waals surface area contributed by atoms with E-state index in [-0.39, 0.29) is 6.04 Å². The molecule has 112 valence electrons. The number of hydrogen-bond acceptors (Lipinski definition) is 2. The maximum Gasteiger partial charge on any atom is 0.0574 e. The Morgan fingerprint density at radius 2 is 1.76 bits per heavy atom. The van der Waals surface area contributed by atoms with Gasteiger partial charge in [-0.3, -0.25) is 4.21 Å². The van der Waals surface area contributed by atoms with Crippen LogP contribution in [0.15, 0.2) is 59.5 Å². The van der Waals surface area contributed by atoms with Gasteiger partial charge in [-0.1, -0.05) is 61.0 Å². The van der Waals surface area contributed by atoms with Crippen LogP contribution >= 0.6 is 11.6 Å². The highest BCUT2D eigenvalue weighted by Gasteiger charge is 2.16. The van der Waals surface area contributed by atoms with Gasteiger partial charge in [-0.15, -0.1) is 0 Å². The van der Waals surface area contributed by atoms with E-state index in [1.54, 1.807) is 6.07 Å². The van der Waals surface area contributed by atoms with Crippen molar-refractivity contribution in [1.29, 1.82) is 0 Å². The topological polar surface area (TPSA) is 29.1 Å². The van der Waals surface area contributed by atoms with Gasteiger partial charge in [-0.2, -0.15) is 0 Å². The molecule has 4 heteroatoms. The highest BCUT2D eigenvalue weighted by Crippen LogP contribution is 2.22. The molecule has 2 atom stereocenters. The van der Waals surface area contributed by atoms with E-state index in [0.29, 0.717) is 15.7 Å². The second-order valence-electron chi connectivity index (χ2n) is 4.86. The van der Waals surface area contributed by atoms with Crippen LogP contribution in [0.5, 0.6) is 0 Å². The first kappa shape index (κ1) is 16.2. The summed E-state index contributed by atoms with van der Waals surface area (Å²) in [6, 6.07) is 17.6. The predicted octanol–water partition coefficient (Wildman–Crippen LogP) is 4.19. The molecule has 0 aliphatic heterocycles. The lowest BCUT2D eigenvalue weighted by molar-refractivity contribution is 0.569. The first-order valence-corrected chi connectivity index (χ1v) is 8.83. The van der Waals surface area contributed by atoms with Gasteiger partial charge in [0.2, 0.25) is 0 Å². The zero-order chi connectivity index (χ0) is 15.1. The van der Waals surface area contributed by atoms with E-state index in [1.165, 1.54) is 0 Å². The fourth-order valence-corrected chi connectivity index (χ4v) is 3.85. The summed E-state index contributed by atoms with van der Waals surface area (Å²) in [7, 11) is -1.12. The number of hydrogen-bond donors (Lipinski definition) is 1. The highest BCUT2D eigenvalue weighted by molar-refractivity contribution is 7.85. The Morgan fingerprint density at radius 3 is 2.43 bits per heavy atom. The van der Waals surface area contributed by atoms with Gasteiger partial charge in [0.05, 0.1) is 20.7 Å². The summed E-state index contributed by atoms with van der Waals surface area (Å²) in [6.07, 6.45) is 1.04. The average molecular weight is 322 g/mol. The van der Waals surface area contributed by atoms with E-state index >= 15 is 0 Å². The average Bonchev–Trinajstić information content (AvgIpc) is 2.52. The SMILES string of the molecule is CCCNC(CS(=O)c1ccccc1Cl)c1ccccc1. The number of rotatable bonds is 7. The molecule has 0 saturated heterocycles. The first-order chi connectivity index (χ1) is 10.2. The summed E-state index contributed by atoms with van der Waals surface area (Å²) in [4.78, 5) is 0.707. The van der Waals surface area contributed by atoms with Gasteiger partial charge in [-0.05, 0) is 30.7 Å². The third-order valence-corrected chi connectivity index (χ3v) is 5.17. The summed E-state index contributed by atoms with van der Waals surface area (Å²) >= 11 is 6.14. The minimum Gasteiger partial charge on any atom is -0.309 e. The molecule has 0 aliphatic carbocycles. The summed E-state index contributed by atoms with van der Waals surface area (Å²) < 4.78 is 12.6. The van der Waals surface area contributed by atoms with Gasteiger partial charge in [0, 0.05) is 11.8 Å². The molecule has 2 rings (SSSR count). The number of nitrogens with one attached hydrogen (secondary N) is 1. The molecule has 0 radical (unpaired) electrons. The molecule has 0 bridgehead atoms. The van der Waals surface area contributed by atoms with Crippen LogP contribution < -0.4 is 5.32 Å². The quantitative estimate of drug-likeness (QED) is 0.828. The van der Waals surface area contributed by atoms with Gasteiger partial charge in [-0.25, -0.2) is 0 Å². The Balaban J connectivity index is 2.15. The molecule has 0 spiro atoms. The monoisotopic (exact) mass is 321 g/mol. The van der Waals surface area contributed by atoms with Crippen LogP contribution in [0, 0.1) is 0 Å². The maximum atomic E-state index is 12.6. The van der Waals surface area contributed by atoms with Crippen molar-refractivity contribution in [1.82, 2.24) is 5.32 Å². The maximum absolute atomic E-state index is 12.6. The molecule has 2 nitrogen and oxygen atoms in total. The zero-order valence-electron chi connectivity index (χ0n) is 12.1. The summed E-state index contributed by atoms with van der Waals surface area (Å²) in [5.74, 6) is 0.522. The van der Waals surface area contributed by atoms with Crippen LogP contribution in [0.1, 0.15) is 24.9 Å². The molecule has 0 aromatic heterocycles. The van der Waals surface area contributed by atoms with E-state index in [0.717, 1.165) is 18.5 Å². The van der Waals surface area contributed by atoms with Crippen molar-refractivity contribution >= 4 is 22.4 Å². The fraction of sp³-hybridized carbons (Fsp3) is 0.294. The van der Waals surface area contributed by atoms with Crippen molar-refractivity contribution in [2.45, 2.75) is 24.3 Å². The predicted molar refractivity (Wildman–Crippen MR) is 90.2 cm³/mol. The van der Waals surface area contributed by atoms with Gasteiger partial charge in [0.15, 0.2) is 0 Å². The standard InChI is InChI=1S/C17H20ClNOS/c1-2-12-19-16(14-8-4-3-5-9-14)13-21(20)17-11-7-6-10-15(17)18/h3-11,16,19H,2,12-13H2,1H3. The van der Waals surface area contributed by atoms with Crippen molar-refractivity contribution in [2.24, 2.45) is 0 Å². The van der Waals surface area contributed by atoms with E-state index in [2.05, 4.69) is 24.4 Å². The van der Waals surface area contributed by atoms with Crippen molar-refractivity contribution in [3.05, 3.63) is 65.2 Å². The third kappa shape index (κ3) is 4.67. The van der Waals surface area contributed by atoms with Crippen molar-refractivity contribution in [3.8, 4) is 0 Å². The van der Waals surface area contributed by atoms with Crippen LogP contribution in [0.3, 0.4) is 0 Å². The lowest BCUT2D eigenvalue weighted by Crippen LogP contribution is -2.27. The Kier molecular flexibility index (Phi) is 6.43. The second kappa shape index (κ2) is 8.32. The molecule has 1 N–H and O–H groups in total. The molecular formula is C17H20ClNOS. The number of halogens is 1. The zero-order valence-corrected chi connectivity index (χ0v) is 13.7. The molecule has 2 aromatic rings. The lowest BCUT2D eigenvalue weighted by atomic mass is 10.1. The molecular weight excluding hydrogens is 302 g/mol. The molecule has 0 saturated carbocycles. The van der Waals surface area contributed by atoms with E-state index in [1.807, 2.05) is 36.4 Å². The molecule has 0 amide bonds. The van der Waals surface area contributed by atoms with Crippen LogP contribution in [0.2, 0.25) is 5.02 Å². The van der Waals surface area contributed by atoms with Gasteiger partial charge in [0.25, 0.3) is 0 Å². The van der Waals surface area contributed by atoms with E-state index in [4.69, 9.17) is 11.6 Å². The van der Waals surface area contributed by atoms with Crippen molar-refractivity contribution in [2.75, 3.05) is 12.3 Å². The van der Waals surface area contributed by atoms with Crippen LogP contribution in [-0.2, 0) is 10.8 Å². The molecule has 0 heterocycles. The minimum absolute atomic E-state index is 0.0725. The van der Waals surface area contributed by atoms with Crippen molar-refractivity contribution in [3.63, 3.8) is 0 Å². The Labute approximate surface area is 134 Å². The summed E-state index contributed by atoms with van der Waals surface area (Å²) in [6.45, 7) is 3.03. The second-order valence-corrected chi connectivity index (χ2v) is 6.73. The summed E-state index contributed by atoms with van der Waals surface area (Å²) in [5.41, 5.74) is 1.16. The minimum atomic E-state index is -1.12. The van der Waals surface area contributed by atoms with Crippen molar-refractivity contribution < 1.29 is 4.21 Å². The Bertz CT molecular complexity index is 588. The van der Waals surface area contributed by atoms with Gasteiger partial charge < -0.3 is 5.32 Å². The van der Waals surface area contributed by atoms with Gasteiger partial charge in [0.1, 0.15) is 0 Å². The van der Waals surface area contributed by atoms with Gasteiger partial charge >= 0.3 is 0 Å². The Morgan fingerprint density at radius 1 is 1.10 bits per heavy atom. The largest absolute Gasteiger partial charge is 0.309 e. The van der Waals surface area contributed by atoms with E-state index < -0.39 is 10.8 Å². The number of benzene rings is 2. The fourth-order valence-electron chi connectivity index (χ4n) is 2.15. The molecule has 2 unspecified atom stereocenters. The Hall–Kier alpha value is -1.16. The molecule has 2 aromatic carbocycles. The van der Waals surface area contributed by atoms with Crippen LogP contribution in [-0.4, -0.2) is 16.5 Å². The lowest BCUT2D eigenvalue weighted by Gasteiger charge is -2.19. The van der Waals surface area contributed by atoms with Crippen LogP contribution in [0.4, 0.5) is 0 Å². The highest BCUT2D eigenvalue weighted by atomic mass is 35.5. The van der Waals surface area contributed by atoms with Crippen LogP contribution in [0.25, 0.3) is 0 Å². The first-order valence-electron chi connectivity index (χ1n) is 7.13. The van der Waals surface area contributed by atoms with E-state index in [9.17, 15) is 4.21 Å². The molecule has 0 aliphatic rings.